The molecule has 1 heterocycles. The second-order valence-corrected chi connectivity index (χ2v) is 3.48. The van der Waals surface area contributed by atoms with Crippen molar-refractivity contribution < 1.29 is 0 Å². The molecule has 0 bridgehead atoms. The van der Waals surface area contributed by atoms with E-state index in [1.165, 1.54) is 0 Å². The van der Waals surface area contributed by atoms with Crippen molar-refractivity contribution in [2.45, 2.75) is 6.42 Å². The summed E-state index contributed by atoms with van der Waals surface area (Å²) in [7, 11) is 0. The van der Waals surface area contributed by atoms with Gasteiger partial charge < -0.3 is 5.73 Å². The van der Waals surface area contributed by atoms with E-state index in [9.17, 15) is 0 Å². The average molecular weight is 183 g/mol. The highest BCUT2D eigenvalue weighted by Gasteiger charge is 2.19. The third-order valence-electron chi connectivity index (χ3n) is 2.47. The molecule has 0 radical (unpaired) electrons. The van der Waals surface area contributed by atoms with Gasteiger partial charge in [-0.2, -0.15) is 10.2 Å². The minimum Gasteiger partial charge on any atom is -0.402 e. The summed E-state index contributed by atoms with van der Waals surface area (Å²) in [5, 5.41) is 8.26. The van der Waals surface area contributed by atoms with E-state index >= 15 is 0 Å². The zero-order valence-corrected chi connectivity index (χ0v) is 7.57. The van der Waals surface area contributed by atoms with Gasteiger partial charge in [-0.05, 0) is 17.7 Å². The largest absolute Gasteiger partial charge is 0.402 e. The Labute approximate surface area is 81.6 Å². The molecule has 0 aromatic heterocycles. The number of nitrogens with zero attached hydrogens (tertiary/aromatic N) is 2. The fourth-order valence-electron chi connectivity index (χ4n) is 1.87. The van der Waals surface area contributed by atoms with Crippen LogP contribution in [0.3, 0.4) is 0 Å². The molecule has 2 aliphatic carbocycles. The first kappa shape index (κ1) is 7.50. The predicted octanol–water partition coefficient (Wildman–Crippen LogP) is 1.44. The number of rotatable bonds is 0. The third kappa shape index (κ3) is 0.923. The SMILES string of the molecule is NC1=Cc2ccccc3nnc(c2-3)C1. The zero-order valence-electron chi connectivity index (χ0n) is 7.57. The van der Waals surface area contributed by atoms with Crippen molar-refractivity contribution in [1.82, 2.24) is 10.2 Å². The Balaban J connectivity index is 2.40. The van der Waals surface area contributed by atoms with Crippen LogP contribution in [-0.2, 0) is 6.42 Å². The van der Waals surface area contributed by atoms with E-state index in [-0.39, 0.29) is 0 Å². The van der Waals surface area contributed by atoms with Gasteiger partial charge in [0, 0.05) is 17.7 Å². The van der Waals surface area contributed by atoms with Crippen molar-refractivity contribution in [3.8, 4) is 11.3 Å². The Bertz CT molecular complexity index is 502. The lowest BCUT2D eigenvalue weighted by atomic mass is 9.97. The number of aromatic nitrogens is 2. The summed E-state index contributed by atoms with van der Waals surface area (Å²) in [5.41, 5.74) is 10.9. The molecule has 1 aliphatic heterocycles. The molecule has 0 fully saturated rings. The molecule has 3 heteroatoms. The van der Waals surface area contributed by atoms with E-state index in [0.29, 0.717) is 6.42 Å². The van der Waals surface area contributed by atoms with E-state index in [4.69, 9.17) is 5.73 Å². The van der Waals surface area contributed by atoms with Gasteiger partial charge in [0.2, 0.25) is 0 Å². The van der Waals surface area contributed by atoms with E-state index in [1.54, 1.807) is 0 Å². The van der Waals surface area contributed by atoms with Gasteiger partial charge in [-0.25, -0.2) is 0 Å². The molecule has 0 aromatic rings. The van der Waals surface area contributed by atoms with Gasteiger partial charge in [0.05, 0.1) is 11.4 Å². The Morgan fingerprint density at radius 1 is 1.14 bits per heavy atom. The highest BCUT2D eigenvalue weighted by Crippen LogP contribution is 2.31. The summed E-state index contributed by atoms with van der Waals surface area (Å²) >= 11 is 0. The third-order valence-corrected chi connectivity index (χ3v) is 2.47. The molecule has 68 valence electrons. The van der Waals surface area contributed by atoms with Gasteiger partial charge in [-0.3, -0.25) is 0 Å². The van der Waals surface area contributed by atoms with E-state index in [0.717, 1.165) is 28.2 Å². The molecule has 0 spiro atoms. The molecule has 0 amide bonds. The second-order valence-electron chi connectivity index (χ2n) is 3.48. The summed E-state index contributed by atoms with van der Waals surface area (Å²) in [4.78, 5) is 0. The van der Waals surface area contributed by atoms with Crippen LogP contribution in [-0.4, -0.2) is 10.2 Å². The van der Waals surface area contributed by atoms with E-state index < -0.39 is 0 Å². The van der Waals surface area contributed by atoms with Crippen molar-refractivity contribution in [3.05, 3.63) is 41.2 Å². The minimum absolute atomic E-state index is 0.716. The molecule has 2 N–H and O–H groups in total. The lowest BCUT2D eigenvalue weighted by molar-refractivity contribution is 0.983. The summed E-state index contributed by atoms with van der Waals surface area (Å²) in [6.07, 6.45) is 2.71. The molecule has 0 aromatic carbocycles. The highest BCUT2D eigenvalue weighted by molar-refractivity contribution is 5.78. The lowest BCUT2D eigenvalue weighted by Crippen LogP contribution is -2.06. The molecule has 0 atom stereocenters. The first-order chi connectivity index (χ1) is 6.84. The standard InChI is InChI=1S/C11H9N3/c12-8-5-7-3-1-2-4-9-11(7)10(6-8)14-13-9/h1-5H,6,12H2. The van der Waals surface area contributed by atoms with Crippen molar-refractivity contribution in [2.75, 3.05) is 0 Å². The molecule has 3 rings (SSSR count). The Morgan fingerprint density at radius 2 is 2.00 bits per heavy atom. The molecule has 3 aliphatic rings. The normalized spacial score (nSPS) is 14.1. The molecular formula is C11H9N3. The van der Waals surface area contributed by atoms with E-state index in [2.05, 4.69) is 10.2 Å². The van der Waals surface area contributed by atoms with Crippen molar-refractivity contribution in [3.63, 3.8) is 0 Å². The summed E-state index contributed by atoms with van der Waals surface area (Å²) < 4.78 is 0. The lowest BCUT2D eigenvalue weighted by Gasteiger charge is -2.08. The fraction of sp³-hybridized carbons (Fsp3) is 0.0909. The fourth-order valence-corrected chi connectivity index (χ4v) is 1.87. The van der Waals surface area contributed by atoms with Crippen LogP contribution in [0.1, 0.15) is 11.3 Å². The van der Waals surface area contributed by atoms with Gasteiger partial charge in [-0.15, -0.1) is 0 Å². The Kier molecular flexibility index (Phi) is 1.36. The molecule has 0 saturated carbocycles. The van der Waals surface area contributed by atoms with Crippen LogP contribution >= 0.6 is 0 Å². The maximum Gasteiger partial charge on any atom is 0.0954 e. The van der Waals surface area contributed by atoms with Crippen LogP contribution in [0.2, 0.25) is 0 Å². The van der Waals surface area contributed by atoms with Crippen molar-refractivity contribution >= 4 is 6.08 Å². The van der Waals surface area contributed by atoms with Gasteiger partial charge >= 0.3 is 0 Å². The predicted molar refractivity (Wildman–Crippen MR) is 54.5 cm³/mol. The monoisotopic (exact) mass is 183 g/mol. The van der Waals surface area contributed by atoms with E-state index in [1.807, 2.05) is 30.3 Å². The molecule has 3 nitrogen and oxygen atoms in total. The van der Waals surface area contributed by atoms with Crippen LogP contribution < -0.4 is 5.73 Å². The Morgan fingerprint density at radius 3 is 2.93 bits per heavy atom. The minimum atomic E-state index is 0.716. The quantitative estimate of drug-likeness (QED) is 0.672. The number of hydrogen-bond acceptors (Lipinski definition) is 3. The smallest absolute Gasteiger partial charge is 0.0954 e. The topological polar surface area (TPSA) is 51.8 Å². The summed E-state index contributed by atoms with van der Waals surface area (Å²) in [6.45, 7) is 0. The van der Waals surface area contributed by atoms with Gasteiger partial charge in [0.15, 0.2) is 0 Å². The molecular weight excluding hydrogens is 174 g/mol. The van der Waals surface area contributed by atoms with Crippen LogP contribution in [0.4, 0.5) is 0 Å². The number of nitrogens with two attached hydrogens (primary N) is 1. The maximum absolute atomic E-state index is 5.82. The van der Waals surface area contributed by atoms with Gasteiger partial charge in [-0.1, -0.05) is 18.2 Å². The average Bonchev–Trinajstić information content (AvgIpc) is 2.43. The molecule has 14 heavy (non-hydrogen) atoms. The van der Waals surface area contributed by atoms with Crippen LogP contribution in [0.25, 0.3) is 17.3 Å². The van der Waals surface area contributed by atoms with Crippen LogP contribution in [0.15, 0.2) is 30.0 Å². The van der Waals surface area contributed by atoms with Gasteiger partial charge in [0.25, 0.3) is 0 Å². The Hall–Kier alpha value is -1.90. The van der Waals surface area contributed by atoms with Crippen molar-refractivity contribution in [2.24, 2.45) is 5.73 Å². The molecule has 0 saturated heterocycles. The van der Waals surface area contributed by atoms with Crippen LogP contribution in [0.5, 0.6) is 0 Å². The summed E-state index contributed by atoms with van der Waals surface area (Å²) in [6, 6.07) is 7.99. The van der Waals surface area contributed by atoms with Crippen LogP contribution in [0, 0.1) is 0 Å². The number of hydrogen-bond donors (Lipinski definition) is 1. The molecule has 0 unspecified atom stereocenters. The maximum atomic E-state index is 5.82. The summed E-state index contributed by atoms with van der Waals surface area (Å²) in [5.74, 6) is 0. The second kappa shape index (κ2) is 2.54. The number of allylic oxidation sites excluding steroid dienone is 1. The first-order valence-electron chi connectivity index (χ1n) is 4.55. The van der Waals surface area contributed by atoms with Gasteiger partial charge in [0.1, 0.15) is 0 Å². The zero-order chi connectivity index (χ0) is 9.54. The van der Waals surface area contributed by atoms with Crippen molar-refractivity contribution in [1.29, 1.82) is 0 Å². The highest BCUT2D eigenvalue weighted by atomic mass is 15.1. The first-order valence-corrected chi connectivity index (χ1v) is 4.55.